The monoisotopic (exact) mass is 342 g/mol. The smallest absolute Gasteiger partial charge is 0.191 e. The highest BCUT2D eigenvalue weighted by atomic mass is 32.2. The zero-order valence-electron chi connectivity index (χ0n) is 16.1. The van der Waals surface area contributed by atoms with Crippen LogP contribution in [-0.4, -0.2) is 60.1 Å². The third kappa shape index (κ3) is 7.79. The molecule has 2 atom stereocenters. The molecule has 0 aliphatic heterocycles. The number of guanidine groups is 1. The minimum atomic E-state index is 0.591. The van der Waals surface area contributed by atoms with E-state index in [4.69, 9.17) is 4.99 Å². The highest BCUT2D eigenvalue weighted by Gasteiger charge is 2.24. The van der Waals surface area contributed by atoms with Crippen molar-refractivity contribution >= 4 is 17.7 Å². The molecular weight excluding hydrogens is 304 g/mol. The fourth-order valence-electron chi connectivity index (χ4n) is 3.36. The van der Waals surface area contributed by atoms with Crippen molar-refractivity contribution in [3.63, 3.8) is 0 Å². The van der Waals surface area contributed by atoms with Crippen LogP contribution in [0.2, 0.25) is 0 Å². The molecule has 0 spiro atoms. The summed E-state index contributed by atoms with van der Waals surface area (Å²) in [4.78, 5) is 7.32. The Morgan fingerprint density at radius 3 is 2.43 bits per heavy atom. The van der Waals surface area contributed by atoms with Gasteiger partial charge in [-0.2, -0.15) is 11.8 Å². The zero-order chi connectivity index (χ0) is 17.2. The van der Waals surface area contributed by atoms with Crippen LogP contribution in [0, 0.1) is 0 Å². The second-order valence-electron chi connectivity index (χ2n) is 7.05. The van der Waals surface area contributed by atoms with Gasteiger partial charge in [0, 0.05) is 43.0 Å². The summed E-state index contributed by atoms with van der Waals surface area (Å²) in [7, 11) is 0. The van der Waals surface area contributed by atoms with Crippen molar-refractivity contribution in [2.45, 2.75) is 83.7 Å². The first-order chi connectivity index (χ1) is 11.0. The molecule has 4 nitrogen and oxygen atoms in total. The fraction of sp³-hybridized carbons (Fsp3) is 0.944. The van der Waals surface area contributed by atoms with Gasteiger partial charge in [-0.25, -0.2) is 0 Å². The lowest BCUT2D eigenvalue weighted by Gasteiger charge is -2.30. The highest BCUT2D eigenvalue weighted by molar-refractivity contribution is 7.99. The van der Waals surface area contributed by atoms with E-state index in [0.29, 0.717) is 18.1 Å². The van der Waals surface area contributed by atoms with Gasteiger partial charge in [0.2, 0.25) is 0 Å². The molecule has 1 saturated carbocycles. The van der Waals surface area contributed by atoms with E-state index in [1.54, 1.807) is 0 Å². The van der Waals surface area contributed by atoms with Crippen molar-refractivity contribution in [1.29, 1.82) is 0 Å². The first-order valence-corrected chi connectivity index (χ1v) is 10.6. The molecule has 0 heterocycles. The summed E-state index contributed by atoms with van der Waals surface area (Å²) >= 11 is 2.00. The predicted octanol–water partition coefficient (Wildman–Crippen LogP) is 3.33. The van der Waals surface area contributed by atoms with Gasteiger partial charge < -0.3 is 10.6 Å². The Hall–Kier alpha value is -0.420. The van der Waals surface area contributed by atoms with Crippen molar-refractivity contribution in [3.8, 4) is 0 Å². The molecule has 0 aromatic heterocycles. The van der Waals surface area contributed by atoms with Crippen LogP contribution < -0.4 is 10.6 Å². The summed E-state index contributed by atoms with van der Waals surface area (Å²) in [5.74, 6) is 1.000. The van der Waals surface area contributed by atoms with Crippen molar-refractivity contribution < 1.29 is 0 Å². The summed E-state index contributed by atoms with van der Waals surface area (Å²) < 4.78 is 0. The number of hydrogen-bond acceptors (Lipinski definition) is 3. The minimum Gasteiger partial charge on any atom is -0.357 e. The van der Waals surface area contributed by atoms with E-state index >= 15 is 0 Å². The Bertz CT molecular complexity index is 336. The quantitative estimate of drug-likeness (QED) is 0.383. The van der Waals surface area contributed by atoms with E-state index < -0.39 is 0 Å². The van der Waals surface area contributed by atoms with Crippen LogP contribution in [0.5, 0.6) is 0 Å². The largest absolute Gasteiger partial charge is 0.357 e. The van der Waals surface area contributed by atoms with Gasteiger partial charge in [0.1, 0.15) is 0 Å². The second kappa shape index (κ2) is 11.2. The minimum absolute atomic E-state index is 0.591. The molecule has 5 heteroatoms. The van der Waals surface area contributed by atoms with Gasteiger partial charge in [0.25, 0.3) is 0 Å². The molecule has 2 unspecified atom stereocenters. The summed E-state index contributed by atoms with van der Waals surface area (Å²) in [6.45, 7) is 14.2. The fourth-order valence-corrected chi connectivity index (χ4v) is 4.15. The molecule has 0 aromatic carbocycles. The average Bonchev–Trinajstić information content (AvgIpc) is 2.94. The molecule has 2 N–H and O–H groups in total. The lowest BCUT2D eigenvalue weighted by molar-refractivity contribution is 0.174. The summed E-state index contributed by atoms with van der Waals surface area (Å²) in [5.41, 5.74) is 0. The number of aliphatic imine (C=N–C) groups is 1. The molecule has 1 aliphatic rings. The van der Waals surface area contributed by atoms with Crippen LogP contribution >= 0.6 is 11.8 Å². The molecule has 23 heavy (non-hydrogen) atoms. The zero-order valence-corrected chi connectivity index (χ0v) is 16.9. The standard InChI is InChI=1S/C18H38N4S/c1-7-19-18(21-16-9-10-17(13-16)23-6)20-11-8-12-22(14(2)3)15(4)5/h14-17H,7-13H2,1-6H3,(H2,19,20,21). The van der Waals surface area contributed by atoms with Gasteiger partial charge in [0.05, 0.1) is 0 Å². The average molecular weight is 343 g/mol. The third-order valence-electron chi connectivity index (χ3n) is 4.57. The van der Waals surface area contributed by atoms with E-state index in [1.165, 1.54) is 19.3 Å². The van der Waals surface area contributed by atoms with Gasteiger partial charge in [-0.3, -0.25) is 9.89 Å². The summed E-state index contributed by atoms with van der Waals surface area (Å²) in [5, 5.41) is 7.84. The molecule has 0 radical (unpaired) electrons. The molecule has 136 valence electrons. The lowest BCUT2D eigenvalue weighted by atomic mass is 10.2. The van der Waals surface area contributed by atoms with Crippen molar-refractivity contribution in [3.05, 3.63) is 0 Å². The number of nitrogens with zero attached hydrogens (tertiary/aromatic N) is 2. The summed E-state index contributed by atoms with van der Waals surface area (Å²) in [6, 6.07) is 1.80. The Labute approximate surface area is 148 Å². The van der Waals surface area contributed by atoms with Crippen molar-refractivity contribution in [2.24, 2.45) is 4.99 Å². The van der Waals surface area contributed by atoms with E-state index in [9.17, 15) is 0 Å². The van der Waals surface area contributed by atoms with Gasteiger partial charge in [-0.1, -0.05) is 0 Å². The van der Waals surface area contributed by atoms with Crippen LogP contribution in [0.3, 0.4) is 0 Å². The van der Waals surface area contributed by atoms with E-state index in [0.717, 1.165) is 37.3 Å². The van der Waals surface area contributed by atoms with Crippen LogP contribution in [0.1, 0.15) is 60.3 Å². The van der Waals surface area contributed by atoms with Crippen molar-refractivity contribution in [2.75, 3.05) is 25.9 Å². The number of hydrogen-bond donors (Lipinski definition) is 2. The Kier molecular flexibility index (Phi) is 10.0. The van der Waals surface area contributed by atoms with Gasteiger partial charge in [-0.15, -0.1) is 0 Å². The molecule has 0 amide bonds. The molecule has 1 rings (SSSR count). The van der Waals surface area contributed by atoms with Crippen LogP contribution in [0.15, 0.2) is 4.99 Å². The molecule has 0 bridgehead atoms. The lowest BCUT2D eigenvalue weighted by Crippen LogP contribution is -2.43. The number of rotatable bonds is 9. The van der Waals surface area contributed by atoms with E-state index in [1.807, 2.05) is 11.8 Å². The molecule has 1 aliphatic carbocycles. The maximum atomic E-state index is 4.78. The normalized spacial score (nSPS) is 22.4. The molecular formula is C18H38N4S. The maximum Gasteiger partial charge on any atom is 0.191 e. The first-order valence-electron chi connectivity index (χ1n) is 9.31. The topological polar surface area (TPSA) is 39.7 Å². The second-order valence-corrected chi connectivity index (χ2v) is 8.19. The Morgan fingerprint density at radius 1 is 1.22 bits per heavy atom. The maximum absolute atomic E-state index is 4.78. The molecule has 0 saturated heterocycles. The SMILES string of the molecule is CCNC(=NCCCN(C(C)C)C(C)C)NC1CCC(SC)C1. The molecule has 1 fully saturated rings. The highest BCUT2D eigenvalue weighted by Crippen LogP contribution is 2.27. The predicted molar refractivity (Wildman–Crippen MR) is 106 cm³/mol. The molecule has 0 aromatic rings. The van der Waals surface area contributed by atoms with E-state index in [2.05, 4.69) is 56.4 Å². The van der Waals surface area contributed by atoms with E-state index in [-0.39, 0.29) is 0 Å². The van der Waals surface area contributed by atoms with Crippen LogP contribution in [0.25, 0.3) is 0 Å². The van der Waals surface area contributed by atoms with Crippen molar-refractivity contribution in [1.82, 2.24) is 15.5 Å². The summed E-state index contributed by atoms with van der Waals surface area (Å²) in [6.07, 6.45) is 7.20. The van der Waals surface area contributed by atoms with Crippen LogP contribution in [-0.2, 0) is 0 Å². The number of thioether (sulfide) groups is 1. The number of nitrogens with one attached hydrogen (secondary N) is 2. The third-order valence-corrected chi connectivity index (χ3v) is 5.67. The van der Waals surface area contributed by atoms with Gasteiger partial charge in [0.15, 0.2) is 5.96 Å². The first kappa shape index (κ1) is 20.6. The van der Waals surface area contributed by atoms with Gasteiger partial charge in [-0.05, 0) is 66.6 Å². The Morgan fingerprint density at radius 2 is 1.91 bits per heavy atom. The van der Waals surface area contributed by atoms with Crippen LogP contribution in [0.4, 0.5) is 0 Å². The van der Waals surface area contributed by atoms with Gasteiger partial charge >= 0.3 is 0 Å². The Balaban J connectivity index is 2.40.